The molecule has 3 rings (SSSR count). The van der Waals surface area contributed by atoms with Crippen LogP contribution in [0.5, 0.6) is 0 Å². The molecule has 1 fully saturated rings. The minimum absolute atomic E-state index is 0.156. The zero-order valence-electron chi connectivity index (χ0n) is 10.8. The number of nitrogens with zero attached hydrogens (tertiary/aromatic N) is 1. The molecule has 0 saturated carbocycles. The first kappa shape index (κ1) is 11.5. The van der Waals surface area contributed by atoms with Gasteiger partial charge in [0.05, 0.1) is 18.3 Å². The number of ether oxygens (including phenoxy) is 1. The summed E-state index contributed by atoms with van der Waals surface area (Å²) in [5, 5.41) is 2.13. The Labute approximate surface area is 107 Å². The van der Waals surface area contributed by atoms with E-state index in [-0.39, 0.29) is 5.97 Å². The average molecular weight is 246 g/mol. The van der Waals surface area contributed by atoms with Gasteiger partial charge in [-0.05, 0) is 38.3 Å². The number of carbonyl (C=O) groups is 1. The lowest BCUT2D eigenvalue weighted by Gasteiger charge is -2.25. The number of para-hydroxylation sites is 1. The molecule has 0 radical (unpaired) electrons. The maximum Gasteiger partial charge on any atom is 0.327 e. The van der Waals surface area contributed by atoms with Crippen molar-refractivity contribution in [2.45, 2.75) is 38.3 Å². The Morgan fingerprint density at radius 3 is 3.11 bits per heavy atom. The minimum atomic E-state index is -0.589. The number of hydrogen-bond donors (Lipinski definition) is 1. The van der Waals surface area contributed by atoms with E-state index in [1.165, 1.54) is 11.3 Å². The number of hydrazine groups is 1. The van der Waals surface area contributed by atoms with Gasteiger partial charge < -0.3 is 9.75 Å². The van der Waals surface area contributed by atoms with Crippen LogP contribution in [0.25, 0.3) is 0 Å². The van der Waals surface area contributed by atoms with Gasteiger partial charge in [-0.25, -0.2) is 10.2 Å². The molecule has 0 unspecified atom stereocenters. The topological polar surface area (TPSA) is 41.6 Å². The Bertz CT molecular complexity index is 488. The largest absolute Gasteiger partial charge is 0.465 e. The number of anilines is 1. The van der Waals surface area contributed by atoms with E-state index in [1.54, 1.807) is 0 Å². The molecule has 2 heterocycles. The monoisotopic (exact) mass is 246 g/mol. The highest BCUT2D eigenvalue weighted by atomic mass is 16.5. The molecule has 4 nitrogen and oxygen atoms in total. The van der Waals surface area contributed by atoms with E-state index in [4.69, 9.17) is 4.74 Å². The van der Waals surface area contributed by atoms with Crippen molar-refractivity contribution in [1.29, 1.82) is 0 Å². The predicted octanol–water partition coefficient (Wildman–Crippen LogP) is 1.65. The molecule has 0 amide bonds. The Morgan fingerprint density at radius 1 is 1.56 bits per heavy atom. The molecule has 4 heteroatoms. The maximum atomic E-state index is 12.0. The number of rotatable bonds is 2. The standard InChI is InChI=1S/C14H18N2O2/c1-3-18-13(17)14(2)9-11-8-10-6-4-5-7-12(10)16(11)15-14/h4-7,11,15H,3,8-9H2,1-2H3/t11-,14+/m1/s1. The van der Waals surface area contributed by atoms with Crippen LogP contribution in [0.1, 0.15) is 25.8 Å². The van der Waals surface area contributed by atoms with Crippen LogP contribution in [-0.2, 0) is 16.0 Å². The predicted molar refractivity (Wildman–Crippen MR) is 69.2 cm³/mol. The summed E-state index contributed by atoms with van der Waals surface area (Å²) in [5.74, 6) is -0.156. The summed E-state index contributed by atoms with van der Waals surface area (Å²) in [5.41, 5.74) is 5.28. The van der Waals surface area contributed by atoms with Crippen molar-refractivity contribution in [3.8, 4) is 0 Å². The summed E-state index contributed by atoms with van der Waals surface area (Å²) in [7, 11) is 0. The first-order chi connectivity index (χ1) is 8.64. The third kappa shape index (κ3) is 1.60. The zero-order valence-corrected chi connectivity index (χ0v) is 10.8. The van der Waals surface area contributed by atoms with Crippen molar-refractivity contribution < 1.29 is 9.53 Å². The number of fused-ring (bicyclic) bond motifs is 3. The van der Waals surface area contributed by atoms with Crippen molar-refractivity contribution in [3.05, 3.63) is 29.8 Å². The quantitative estimate of drug-likeness (QED) is 0.806. The molecular weight excluding hydrogens is 228 g/mol. The highest BCUT2D eigenvalue weighted by molar-refractivity contribution is 5.82. The second-order valence-electron chi connectivity index (χ2n) is 5.23. The summed E-state index contributed by atoms with van der Waals surface area (Å²) in [6, 6.07) is 8.70. The van der Waals surface area contributed by atoms with Gasteiger partial charge in [-0.1, -0.05) is 18.2 Å². The first-order valence-corrected chi connectivity index (χ1v) is 6.46. The van der Waals surface area contributed by atoms with E-state index in [0.29, 0.717) is 12.6 Å². The smallest absolute Gasteiger partial charge is 0.327 e. The van der Waals surface area contributed by atoms with E-state index < -0.39 is 5.54 Å². The van der Waals surface area contributed by atoms with E-state index in [9.17, 15) is 4.79 Å². The molecule has 1 N–H and O–H groups in total. The molecule has 0 aliphatic carbocycles. The third-order valence-electron chi connectivity index (χ3n) is 3.81. The maximum absolute atomic E-state index is 12.0. The molecule has 2 atom stereocenters. The van der Waals surface area contributed by atoms with Crippen LogP contribution >= 0.6 is 0 Å². The van der Waals surface area contributed by atoms with Crippen LogP contribution in [0, 0.1) is 0 Å². The van der Waals surface area contributed by atoms with Crippen molar-refractivity contribution >= 4 is 11.7 Å². The molecule has 18 heavy (non-hydrogen) atoms. The summed E-state index contributed by atoms with van der Waals surface area (Å²) < 4.78 is 5.15. The van der Waals surface area contributed by atoms with Crippen molar-refractivity contribution in [1.82, 2.24) is 5.43 Å². The molecule has 2 aliphatic rings. The Morgan fingerprint density at radius 2 is 2.33 bits per heavy atom. The lowest BCUT2D eigenvalue weighted by Crippen LogP contribution is -2.50. The molecule has 0 spiro atoms. The first-order valence-electron chi connectivity index (χ1n) is 6.46. The zero-order chi connectivity index (χ0) is 12.8. The molecule has 1 aromatic carbocycles. The third-order valence-corrected chi connectivity index (χ3v) is 3.81. The number of carbonyl (C=O) groups excluding carboxylic acids is 1. The van der Waals surface area contributed by atoms with Crippen LogP contribution in [0.3, 0.4) is 0 Å². The van der Waals surface area contributed by atoms with Crippen LogP contribution in [0.2, 0.25) is 0 Å². The van der Waals surface area contributed by atoms with Crippen LogP contribution in [-0.4, -0.2) is 24.2 Å². The van der Waals surface area contributed by atoms with Gasteiger partial charge in [-0.15, -0.1) is 0 Å². The van der Waals surface area contributed by atoms with E-state index >= 15 is 0 Å². The van der Waals surface area contributed by atoms with E-state index in [0.717, 1.165) is 12.8 Å². The second kappa shape index (κ2) is 3.99. The van der Waals surface area contributed by atoms with Gasteiger partial charge in [0, 0.05) is 0 Å². The van der Waals surface area contributed by atoms with Crippen LogP contribution in [0.4, 0.5) is 5.69 Å². The minimum Gasteiger partial charge on any atom is -0.465 e. The SMILES string of the molecule is CCOC(=O)[C@]1(C)C[C@H]2Cc3ccccc3N2N1. The van der Waals surface area contributed by atoms with Gasteiger partial charge in [0.15, 0.2) is 0 Å². The van der Waals surface area contributed by atoms with Crippen LogP contribution < -0.4 is 10.4 Å². The van der Waals surface area contributed by atoms with Crippen molar-refractivity contribution in [2.75, 3.05) is 11.6 Å². The Hall–Kier alpha value is -1.55. The van der Waals surface area contributed by atoms with Gasteiger partial charge in [-0.3, -0.25) is 0 Å². The highest BCUT2D eigenvalue weighted by Crippen LogP contribution is 2.39. The molecule has 96 valence electrons. The molecule has 1 aromatic rings. The number of benzene rings is 1. The summed E-state index contributed by atoms with van der Waals surface area (Å²) in [4.78, 5) is 12.0. The Balaban J connectivity index is 1.84. The lowest BCUT2D eigenvalue weighted by atomic mass is 9.94. The van der Waals surface area contributed by atoms with Gasteiger partial charge in [0.25, 0.3) is 0 Å². The summed E-state index contributed by atoms with van der Waals surface area (Å²) in [6.45, 7) is 4.19. The molecule has 0 bridgehead atoms. The van der Waals surface area contributed by atoms with E-state index in [1.807, 2.05) is 19.9 Å². The fourth-order valence-electron chi connectivity index (χ4n) is 2.98. The summed E-state index contributed by atoms with van der Waals surface area (Å²) in [6.07, 6.45) is 1.79. The number of nitrogens with one attached hydrogen (secondary N) is 1. The van der Waals surface area contributed by atoms with Crippen molar-refractivity contribution in [3.63, 3.8) is 0 Å². The van der Waals surface area contributed by atoms with Gasteiger partial charge >= 0.3 is 5.97 Å². The highest BCUT2D eigenvalue weighted by Gasteiger charge is 2.49. The van der Waals surface area contributed by atoms with Gasteiger partial charge in [0.2, 0.25) is 0 Å². The fraction of sp³-hybridized carbons (Fsp3) is 0.500. The summed E-state index contributed by atoms with van der Waals surface area (Å²) >= 11 is 0. The van der Waals surface area contributed by atoms with Crippen molar-refractivity contribution in [2.24, 2.45) is 0 Å². The number of hydrogen-bond acceptors (Lipinski definition) is 4. The van der Waals surface area contributed by atoms with Gasteiger partial charge in [0.1, 0.15) is 5.54 Å². The molecule has 0 aromatic heterocycles. The Kier molecular flexibility index (Phi) is 2.55. The molecular formula is C14H18N2O2. The number of esters is 1. The molecule has 2 aliphatic heterocycles. The normalized spacial score (nSPS) is 29.0. The molecule has 1 saturated heterocycles. The fourth-order valence-corrected chi connectivity index (χ4v) is 2.98. The van der Waals surface area contributed by atoms with E-state index in [2.05, 4.69) is 28.6 Å². The van der Waals surface area contributed by atoms with Crippen LogP contribution in [0.15, 0.2) is 24.3 Å². The van der Waals surface area contributed by atoms with Gasteiger partial charge in [-0.2, -0.15) is 0 Å². The average Bonchev–Trinajstić information content (AvgIpc) is 2.84. The lowest BCUT2D eigenvalue weighted by molar-refractivity contribution is -0.149. The second-order valence-corrected chi connectivity index (χ2v) is 5.23.